The first-order chi connectivity index (χ1) is 12.5. The predicted molar refractivity (Wildman–Crippen MR) is 111 cm³/mol. The Morgan fingerprint density at radius 1 is 1.15 bits per heavy atom. The average Bonchev–Trinajstić information content (AvgIpc) is 3.14. The normalized spacial score (nSPS) is 16.5. The molecular weight excluding hydrogens is 368 g/mol. The predicted octanol–water partition coefficient (Wildman–Crippen LogP) is 5.20. The summed E-state index contributed by atoms with van der Waals surface area (Å²) >= 11 is 11.9. The molecule has 0 amide bonds. The molecule has 1 aliphatic heterocycles. The number of nitrogens with zero attached hydrogens (tertiary/aromatic N) is 1. The maximum Gasteiger partial charge on any atom is 0.173 e. The maximum absolute atomic E-state index is 6.22. The molecule has 0 aromatic heterocycles. The van der Waals surface area contributed by atoms with Gasteiger partial charge in [0, 0.05) is 17.3 Å². The molecule has 26 heavy (non-hydrogen) atoms. The third-order valence-corrected chi connectivity index (χ3v) is 5.47. The summed E-state index contributed by atoms with van der Waals surface area (Å²) < 4.78 is 10.8. The molecule has 0 saturated carbocycles. The van der Waals surface area contributed by atoms with Crippen LogP contribution >= 0.6 is 23.8 Å². The number of aryl methyl sites for hydroxylation is 1. The fourth-order valence-corrected chi connectivity index (χ4v) is 3.80. The van der Waals surface area contributed by atoms with Crippen LogP contribution in [0.15, 0.2) is 36.4 Å². The zero-order valence-corrected chi connectivity index (χ0v) is 16.8. The van der Waals surface area contributed by atoms with E-state index in [1.54, 1.807) is 14.2 Å². The number of ether oxygens (including phenoxy) is 2. The van der Waals surface area contributed by atoms with Crippen molar-refractivity contribution in [1.82, 2.24) is 4.90 Å². The molecule has 1 aliphatic rings. The Labute approximate surface area is 165 Å². The lowest BCUT2D eigenvalue weighted by Crippen LogP contribution is -2.34. The molecule has 0 spiro atoms. The van der Waals surface area contributed by atoms with E-state index in [2.05, 4.69) is 16.3 Å². The van der Waals surface area contributed by atoms with E-state index in [4.69, 9.17) is 33.3 Å². The van der Waals surface area contributed by atoms with Gasteiger partial charge in [-0.3, -0.25) is 0 Å². The van der Waals surface area contributed by atoms with E-state index in [1.807, 2.05) is 37.3 Å². The van der Waals surface area contributed by atoms with Crippen molar-refractivity contribution in [3.63, 3.8) is 0 Å². The van der Waals surface area contributed by atoms with Crippen LogP contribution in [0.25, 0.3) is 0 Å². The van der Waals surface area contributed by atoms with Gasteiger partial charge in [-0.25, -0.2) is 0 Å². The van der Waals surface area contributed by atoms with Crippen LogP contribution in [0.2, 0.25) is 5.02 Å². The fourth-order valence-electron chi connectivity index (χ4n) is 3.28. The van der Waals surface area contributed by atoms with Crippen LogP contribution in [-0.4, -0.2) is 30.8 Å². The second-order valence-corrected chi connectivity index (χ2v) is 7.15. The SMILES string of the molecule is COc1ccc([C@H]2CCCN2C(=S)Nc2ccc(C)c(Cl)c2)cc1OC. The first-order valence-electron chi connectivity index (χ1n) is 8.59. The lowest BCUT2D eigenvalue weighted by Gasteiger charge is -2.28. The van der Waals surface area contributed by atoms with Crippen LogP contribution in [0.3, 0.4) is 0 Å². The van der Waals surface area contributed by atoms with Gasteiger partial charge in [-0.05, 0) is 67.4 Å². The first-order valence-corrected chi connectivity index (χ1v) is 9.38. The molecule has 3 rings (SSSR count). The third kappa shape index (κ3) is 3.89. The van der Waals surface area contributed by atoms with E-state index < -0.39 is 0 Å². The molecule has 4 nitrogen and oxygen atoms in total. The standard InChI is InChI=1S/C20H23ClN2O2S/c1-13-6-8-15(12-16(13)21)22-20(26)23-10-4-5-17(23)14-7-9-18(24-2)19(11-14)25-3/h6-9,11-12,17H,4-5,10H2,1-3H3,(H,22,26)/t17-/m1/s1. The highest BCUT2D eigenvalue weighted by Gasteiger charge is 2.28. The van der Waals surface area contributed by atoms with Crippen LogP contribution in [0.5, 0.6) is 11.5 Å². The summed E-state index contributed by atoms with van der Waals surface area (Å²) in [5.41, 5.74) is 3.13. The van der Waals surface area contributed by atoms with Crippen molar-refractivity contribution in [2.24, 2.45) is 0 Å². The second-order valence-electron chi connectivity index (χ2n) is 6.36. The molecule has 0 aliphatic carbocycles. The molecule has 6 heteroatoms. The number of benzene rings is 2. The molecular formula is C20H23ClN2O2S. The fraction of sp³-hybridized carbons (Fsp3) is 0.350. The monoisotopic (exact) mass is 390 g/mol. The van der Waals surface area contributed by atoms with Crippen molar-refractivity contribution in [2.45, 2.75) is 25.8 Å². The van der Waals surface area contributed by atoms with Gasteiger partial charge in [0.05, 0.1) is 20.3 Å². The second kappa shape index (κ2) is 8.14. The number of rotatable bonds is 4. The summed E-state index contributed by atoms with van der Waals surface area (Å²) in [7, 11) is 3.30. The largest absolute Gasteiger partial charge is 0.493 e. The third-order valence-electron chi connectivity index (χ3n) is 4.73. The highest BCUT2D eigenvalue weighted by atomic mass is 35.5. The molecule has 2 aromatic carbocycles. The van der Waals surface area contributed by atoms with Crippen LogP contribution < -0.4 is 14.8 Å². The molecule has 2 aromatic rings. The number of hydrogen-bond acceptors (Lipinski definition) is 3. The minimum Gasteiger partial charge on any atom is -0.493 e. The smallest absolute Gasteiger partial charge is 0.173 e. The quantitative estimate of drug-likeness (QED) is 0.725. The molecule has 0 radical (unpaired) electrons. The van der Waals surface area contributed by atoms with Crippen molar-refractivity contribution >= 4 is 34.6 Å². The van der Waals surface area contributed by atoms with Crippen LogP contribution in [0.4, 0.5) is 5.69 Å². The van der Waals surface area contributed by atoms with Gasteiger partial charge in [-0.15, -0.1) is 0 Å². The van der Waals surface area contributed by atoms with Crippen LogP contribution in [0, 0.1) is 6.92 Å². The van der Waals surface area contributed by atoms with Crippen LogP contribution in [0.1, 0.15) is 30.0 Å². The Hall–Kier alpha value is -1.98. The Kier molecular flexibility index (Phi) is 5.89. The van der Waals surface area contributed by atoms with Crippen LogP contribution in [-0.2, 0) is 0 Å². The highest BCUT2D eigenvalue weighted by Crippen LogP contribution is 2.37. The number of halogens is 1. The summed E-state index contributed by atoms with van der Waals surface area (Å²) in [5, 5.41) is 4.76. The minimum atomic E-state index is 0.218. The van der Waals surface area contributed by atoms with Crippen molar-refractivity contribution in [1.29, 1.82) is 0 Å². The van der Waals surface area contributed by atoms with Gasteiger partial charge >= 0.3 is 0 Å². The van der Waals surface area contributed by atoms with Crippen molar-refractivity contribution < 1.29 is 9.47 Å². The molecule has 1 N–H and O–H groups in total. The number of nitrogens with one attached hydrogen (secondary N) is 1. The Morgan fingerprint density at radius 2 is 1.92 bits per heavy atom. The van der Waals surface area contributed by atoms with E-state index >= 15 is 0 Å². The number of thiocarbonyl (C=S) groups is 1. The maximum atomic E-state index is 6.22. The molecule has 1 saturated heterocycles. The van der Waals surface area contributed by atoms with Gasteiger partial charge in [0.2, 0.25) is 0 Å². The zero-order chi connectivity index (χ0) is 18.7. The first kappa shape index (κ1) is 18.8. The summed E-state index contributed by atoms with van der Waals surface area (Å²) in [4.78, 5) is 2.23. The number of methoxy groups -OCH3 is 2. The summed E-state index contributed by atoms with van der Waals surface area (Å²) in [5.74, 6) is 1.47. The van der Waals surface area contributed by atoms with Gasteiger partial charge < -0.3 is 19.7 Å². The van der Waals surface area contributed by atoms with E-state index in [9.17, 15) is 0 Å². The lowest BCUT2D eigenvalue weighted by molar-refractivity contribution is 0.351. The molecule has 1 fully saturated rings. The highest BCUT2D eigenvalue weighted by molar-refractivity contribution is 7.80. The van der Waals surface area contributed by atoms with Crippen molar-refractivity contribution in [2.75, 3.05) is 26.1 Å². The Bertz CT molecular complexity index is 812. The number of hydrogen-bond donors (Lipinski definition) is 1. The summed E-state index contributed by atoms with van der Waals surface area (Å²) in [6, 6.07) is 12.2. The van der Waals surface area contributed by atoms with E-state index in [0.29, 0.717) is 5.11 Å². The zero-order valence-electron chi connectivity index (χ0n) is 15.2. The van der Waals surface area contributed by atoms with Gasteiger partial charge in [0.25, 0.3) is 0 Å². The molecule has 1 heterocycles. The Morgan fingerprint density at radius 3 is 2.62 bits per heavy atom. The average molecular weight is 391 g/mol. The van der Waals surface area contributed by atoms with E-state index in [1.165, 1.54) is 5.56 Å². The van der Waals surface area contributed by atoms with Gasteiger partial charge in [-0.1, -0.05) is 23.7 Å². The lowest BCUT2D eigenvalue weighted by atomic mass is 10.0. The van der Waals surface area contributed by atoms with Gasteiger partial charge in [0.15, 0.2) is 16.6 Å². The molecule has 0 unspecified atom stereocenters. The van der Waals surface area contributed by atoms with Crippen molar-refractivity contribution in [3.05, 3.63) is 52.5 Å². The summed E-state index contributed by atoms with van der Waals surface area (Å²) in [6.45, 7) is 2.91. The van der Waals surface area contributed by atoms with E-state index in [-0.39, 0.29) is 6.04 Å². The summed E-state index contributed by atoms with van der Waals surface area (Å²) in [6.07, 6.45) is 2.14. The molecule has 0 bridgehead atoms. The van der Waals surface area contributed by atoms with Crippen molar-refractivity contribution in [3.8, 4) is 11.5 Å². The topological polar surface area (TPSA) is 33.7 Å². The number of anilines is 1. The molecule has 138 valence electrons. The molecule has 1 atom stereocenters. The Balaban J connectivity index is 1.79. The van der Waals surface area contributed by atoms with Gasteiger partial charge in [-0.2, -0.15) is 0 Å². The minimum absolute atomic E-state index is 0.218. The number of likely N-dealkylation sites (tertiary alicyclic amines) is 1. The van der Waals surface area contributed by atoms with E-state index in [0.717, 1.165) is 47.2 Å². The van der Waals surface area contributed by atoms with Gasteiger partial charge in [0.1, 0.15) is 0 Å².